The summed E-state index contributed by atoms with van der Waals surface area (Å²) >= 11 is 0. The molecule has 1 aliphatic heterocycles. The number of aryl methyl sites for hydroxylation is 1. The highest BCUT2D eigenvalue weighted by atomic mass is 16.5. The van der Waals surface area contributed by atoms with Gasteiger partial charge in [-0.1, -0.05) is 0 Å². The molecule has 30 heavy (non-hydrogen) atoms. The SMILES string of the molecule is CCOc1ccc2oc(C(=O)N3CCN(c4ccc(C(C)=O)cc4)CC3)c(C)c2c1. The van der Waals surface area contributed by atoms with Crippen LogP contribution in [0.2, 0.25) is 0 Å². The van der Waals surface area contributed by atoms with Gasteiger partial charge < -0.3 is 19.0 Å². The predicted molar refractivity (Wildman–Crippen MR) is 117 cm³/mol. The Balaban J connectivity index is 1.46. The van der Waals surface area contributed by atoms with Crippen LogP contribution >= 0.6 is 0 Å². The molecular weight excluding hydrogens is 380 g/mol. The highest BCUT2D eigenvalue weighted by Crippen LogP contribution is 2.30. The number of amides is 1. The monoisotopic (exact) mass is 406 g/mol. The van der Waals surface area contributed by atoms with Gasteiger partial charge in [0.05, 0.1) is 6.61 Å². The summed E-state index contributed by atoms with van der Waals surface area (Å²) in [6.45, 7) is 8.73. The molecular formula is C24H26N2O4. The Morgan fingerprint density at radius 3 is 2.37 bits per heavy atom. The van der Waals surface area contributed by atoms with Crippen molar-refractivity contribution in [2.45, 2.75) is 20.8 Å². The first kappa shape index (κ1) is 20.0. The Morgan fingerprint density at radius 1 is 1.03 bits per heavy atom. The van der Waals surface area contributed by atoms with Crippen molar-refractivity contribution in [3.05, 3.63) is 59.4 Å². The van der Waals surface area contributed by atoms with E-state index >= 15 is 0 Å². The molecule has 2 aromatic carbocycles. The summed E-state index contributed by atoms with van der Waals surface area (Å²) in [6.07, 6.45) is 0. The van der Waals surface area contributed by atoms with Gasteiger partial charge in [0.1, 0.15) is 11.3 Å². The van der Waals surface area contributed by atoms with Crippen LogP contribution in [0.1, 0.15) is 40.3 Å². The van der Waals surface area contributed by atoms with Crippen molar-refractivity contribution in [1.29, 1.82) is 0 Å². The first-order chi connectivity index (χ1) is 14.5. The number of hydrogen-bond donors (Lipinski definition) is 0. The van der Waals surface area contributed by atoms with Crippen LogP contribution in [0, 0.1) is 6.92 Å². The van der Waals surface area contributed by atoms with Crippen molar-refractivity contribution in [3.8, 4) is 5.75 Å². The number of benzene rings is 2. The van der Waals surface area contributed by atoms with E-state index in [0.29, 0.717) is 36.6 Å². The van der Waals surface area contributed by atoms with Crippen LogP contribution in [0.15, 0.2) is 46.9 Å². The van der Waals surface area contributed by atoms with Crippen molar-refractivity contribution < 1.29 is 18.7 Å². The molecule has 0 N–H and O–H groups in total. The maximum absolute atomic E-state index is 13.1. The zero-order chi connectivity index (χ0) is 21.3. The fourth-order valence-corrected chi connectivity index (χ4v) is 3.88. The Labute approximate surface area is 176 Å². The zero-order valence-corrected chi connectivity index (χ0v) is 17.6. The van der Waals surface area contributed by atoms with Crippen LogP contribution < -0.4 is 9.64 Å². The smallest absolute Gasteiger partial charge is 0.290 e. The molecule has 4 rings (SSSR count). The fourth-order valence-electron chi connectivity index (χ4n) is 3.88. The minimum Gasteiger partial charge on any atom is -0.494 e. The maximum atomic E-state index is 13.1. The molecule has 1 aromatic heterocycles. The number of carbonyl (C=O) groups is 2. The molecule has 1 amide bonds. The number of fused-ring (bicyclic) bond motifs is 1. The molecule has 0 aliphatic carbocycles. The zero-order valence-electron chi connectivity index (χ0n) is 17.6. The second kappa shape index (κ2) is 8.22. The van der Waals surface area contributed by atoms with Crippen molar-refractivity contribution in [3.63, 3.8) is 0 Å². The molecule has 0 atom stereocenters. The lowest BCUT2D eigenvalue weighted by Crippen LogP contribution is -2.48. The van der Waals surface area contributed by atoms with Crippen molar-refractivity contribution in [2.24, 2.45) is 0 Å². The molecule has 0 saturated carbocycles. The minimum atomic E-state index is -0.0757. The molecule has 6 heteroatoms. The predicted octanol–water partition coefficient (Wildman–Crippen LogP) is 4.30. The largest absolute Gasteiger partial charge is 0.494 e. The number of ketones is 1. The second-order valence-electron chi connectivity index (χ2n) is 7.53. The highest BCUT2D eigenvalue weighted by Gasteiger charge is 2.27. The molecule has 3 aromatic rings. The third kappa shape index (κ3) is 3.77. The molecule has 1 aliphatic rings. The van der Waals surface area contributed by atoms with E-state index in [1.807, 2.05) is 61.2 Å². The van der Waals surface area contributed by atoms with Gasteiger partial charge in [-0.05, 0) is 63.2 Å². The molecule has 0 radical (unpaired) electrons. The summed E-state index contributed by atoms with van der Waals surface area (Å²) in [5.74, 6) is 1.16. The van der Waals surface area contributed by atoms with Crippen LogP contribution in [0.25, 0.3) is 11.0 Å². The first-order valence-electron chi connectivity index (χ1n) is 10.3. The van der Waals surface area contributed by atoms with Gasteiger partial charge in [-0.3, -0.25) is 9.59 Å². The summed E-state index contributed by atoms with van der Waals surface area (Å²) in [5, 5.41) is 0.911. The summed E-state index contributed by atoms with van der Waals surface area (Å²) in [5.41, 5.74) is 3.32. The Kier molecular flexibility index (Phi) is 5.48. The van der Waals surface area contributed by atoms with Gasteiger partial charge in [-0.15, -0.1) is 0 Å². The van der Waals surface area contributed by atoms with Gasteiger partial charge in [-0.2, -0.15) is 0 Å². The van der Waals surface area contributed by atoms with Crippen molar-refractivity contribution in [1.82, 2.24) is 4.90 Å². The molecule has 1 saturated heterocycles. The number of nitrogens with zero attached hydrogens (tertiary/aromatic N) is 2. The van der Waals surface area contributed by atoms with Crippen LogP contribution in [-0.2, 0) is 0 Å². The molecule has 6 nitrogen and oxygen atoms in total. The van der Waals surface area contributed by atoms with E-state index < -0.39 is 0 Å². The van der Waals surface area contributed by atoms with E-state index in [0.717, 1.165) is 35.5 Å². The summed E-state index contributed by atoms with van der Waals surface area (Å²) in [4.78, 5) is 28.6. The number of piperazine rings is 1. The van der Waals surface area contributed by atoms with Gasteiger partial charge in [0, 0.05) is 48.4 Å². The van der Waals surface area contributed by atoms with Gasteiger partial charge in [-0.25, -0.2) is 0 Å². The number of rotatable bonds is 5. The molecule has 0 unspecified atom stereocenters. The van der Waals surface area contributed by atoms with E-state index in [2.05, 4.69) is 4.90 Å². The Hall–Kier alpha value is -3.28. The molecule has 2 heterocycles. The van der Waals surface area contributed by atoms with Crippen LogP contribution in [0.3, 0.4) is 0 Å². The van der Waals surface area contributed by atoms with Crippen molar-refractivity contribution in [2.75, 3.05) is 37.7 Å². The summed E-state index contributed by atoms with van der Waals surface area (Å²) in [7, 11) is 0. The first-order valence-corrected chi connectivity index (χ1v) is 10.3. The molecule has 0 spiro atoms. The molecule has 1 fully saturated rings. The number of hydrogen-bond acceptors (Lipinski definition) is 5. The normalized spacial score (nSPS) is 14.2. The van der Waals surface area contributed by atoms with Crippen LogP contribution in [0.4, 0.5) is 5.69 Å². The van der Waals surface area contributed by atoms with E-state index in [-0.39, 0.29) is 11.7 Å². The number of carbonyl (C=O) groups excluding carboxylic acids is 2. The standard InChI is InChI=1S/C24H26N2O4/c1-4-29-20-9-10-22-21(15-20)16(2)23(30-22)24(28)26-13-11-25(12-14-26)19-7-5-18(6-8-19)17(3)27/h5-10,15H,4,11-14H2,1-3H3. The Morgan fingerprint density at radius 2 is 1.73 bits per heavy atom. The van der Waals surface area contributed by atoms with Crippen molar-refractivity contribution >= 4 is 28.3 Å². The van der Waals surface area contributed by atoms with E-state index in [1.54, 1.807) is 6.92 Å². The van der Waals surface area contributed by atoms with Gasteiger partial charge >= 0.3 is 0 Å². The average molecular weight is 406 g/mol. The summed E-state index contributed by atoms with van der Waals surface area (Å²) in [6, 6.07) is 13.3. The lowest BCUT2D eigenvalue weighted by molar-refractivity contribution is 0.0716. The highest BCUT2D eigenvalue weighted by molar-refractivity contribution is 5.99. The average Bonchev–Trinajstić information content (AvgIpc) is 3.10. The number of anilines is 1. The number of furan rings is 1. The lowest BCUT2D eigenvalue weighted by Gasteiger charge is -2.35. The van der Waals surface area contributed by atoms with E-state index in [1.165, 1.54) is 0 Å². The number of Topliss-reactive ketones (excluding diaryl/α,β-unsaturated/α-hetero) is 1. The van der Waals surface area contributed by atoms with Gasteiger partial charge in [0.15, 0.2) is 11.5 Å². The molecule has 0 bridgehead atoms. The quantitative estimate of drug-likeness (QED) is 0.591. The van der Waals surface area contributed by atoms with Crippen LogP contribution in [0.5, 0.6) is 5.75 Å². The van der Waals surface area contributed by atoms with Gasteiger partial charge in [0.25, 0.3) is 5.91 Å². The third-order valence-corrected chi connectivity index (χ3v) is 5.62. The minimum absolute atomic E-state index is 0.0616. The molecule has 156 valence electrons. The summed E-state index contributed by atoms with van der Waals surface area (Å²) < 4.78 is 11.5. The Bertz CT molecular complexity index is 1080. The fraction of sp³-hybridized carbons (Fsp3) is 0.333. The second-order valence-corrected chi connectivity index (χ2v) is 7.53. The maximum Gasteiger partial charge on any atom is 0.290 e. The van der Waals surface area contributed by atoms with Gasteiger partial charge in [0.2, 0.25) is 0 Å². The van der Waals surface area contributed by atoms with E-state index in [9.17, 15) is 9.59 Å². The van der Waals surface area contributed by atoms with Crippen LogP contribution in [-0.4, -0.2) is 49.4 Å². The number of ether oxygens (including phenoxy) is 1. The third-order valence-electron chi connectivity index (χ3n) is 5.62. The van der Waals surface area contributed by atoms with E-state index in [4.69, 9.17) is 9.15 Å². The lowest BCUT2D eigenvalue weighted by atomic mass is 10.1. The topological polar surface area (TPSA) is 63.0 Å².